The fourth-order valence-electron chi connectivity index (χ4n) is 4.97. The van der Waals surface area contributed by atoms with E-state index < -0.39 is 29.5 Å². The minimum Gasteiger partial charge on any atom is -0.507 e. The predicted octanol–water partition coefficient (Wildman–Crippen LogP) is 5.60. The summed E-state index contributed by atoms with van der Waals surface area (Å²) in [5.41, 5.74) is 0.939. The molecule has 3 heterocycles. The number of thiazole rings is 1. The van der Waals surface area contributed by atoms with Gasteiger partial charge in [-0.25, -0.2) is 9.78 Å². The number of carbonyl (C=O) groups is 3. The van der Waals surface area contributed by atoms with Gasteiger partial charge in [-0.1, -0.05) is 30.7 Å². The largest absolute Gasteiger partial charge is 0.507 e. The van der Waals surface area contributed by atoms with Gasteiger partial charge in [0.1, 0.15) is 23.9 Å². The number of ketones is 1. The summed E-state index contributed by atoms with van der Waals surface area (Å²) in [5.74, 6) is -0.925. The van der Waals surface area contributed by atoms with E-state index in [0.717, 1.165) is 24.2 Å². The summed E-state index contributed by atoms with van der Waals surface area (Å²) in [6.07, 6.45) is 1.81. The monoisotopic (exact) mass is 622 g/mol. The van der Waals surface area contributed by atoms with Gasteiger partial charge in [0.15, 0.2) is 28.1 Å². The van der Waals surface area contributed by atoms with Crippen molar-refractivity contribution in [2.75, 3.05) is 37.9 Å². The number of hydrogen-bond donors (Lipinski definition) is 1. The highest BCUT2D eigenvalue weighted by Gasteiger charge is 2.49. The molecular weight excluding hydrogens is 588 g/mol. The van der Waals surface area contributed by atoms with Crippen molar-refractivity contribution in [1.82, 2.24) is 4.98 Å². The van der Waals surface area contributed by atoms with Crippen LogP contribution in [0.1, 0.15) is 66.1 Å². The Labute approximate surface area is 259 Å². The molecule has 0 spiro atoms. The van der Waals surface area contributed by atoms with Gasteiger partial charge in [0.2, 0.25) is 0 Å². The lowest BCUT2D eigenvalue weighted by molar-refractivity contribution is -0.132. The number of benzene rings is 2. The number of aliphatic hydroxyl groups excluding tert-OH is 1. The number of rotatable bonds is 11. The summed E-state index contributed by atoms with van der Waals surface area (Å²) >= 11 is 0.939. The molecule has 232 valence electrons. The van der Waals surface area contributed by atoms with Crippen molar-refractivity contribution < 1.29 is 43.2 Å². The van der Waals surface area contributed by atoms with Gasteiger partial charge in [-0.05, 0) is 63.1 Å². The molecule has 1 saturated heterocycles. The molecule has 1 atom stereocenters. The number of carbonyl (C=O) groups excluding carboxylic acids is 3. The quantitative estimate of drug-likeness (QED) is 0.0947. The first kappa shape index (κ1) is 30.9. The van der Waals surface area contributed by atoms with E-state index >= 15 is 0 Å². The van der Waals surface area contributed by atoms with Gasteiger partial charge >= 0.3 is 11.9 Å². The van der Waals surface area contributed by atoms with Crippen molar-refractivity contribution in [2.45, 2.75) is 46.6 Å². The summed E-state index contributed by atoms with van der Waals surface area (Å²) in [6.45, 7) is 8.96. The number of Topliss-reactive ketones (excluding diaryl/α,β-unsaturated/α-hetero) is 1. The van der Waals surface area contributed by atoms with Gasteiger partial charge in [0, 0.05) is 5.56 Å². The third-order valence-electron chi connectivity index (χ3n) is 7.05. The summed E-state index contributed by atoms with van der Waals surface area (Å²) in [4.78, 5) is 45.9. The van der Waals surface area contributed by atoms with Crippen LogP contribution in [-0.4, -0.2) is 60.8 Å². The molecular formula is C32H34N2O9S. The molecule has 1 amide bonds. The Bertz CT molecular complexity index is 1610. The topological polar surface area (TPSA) is 134 Å². The van der Waals surface area contributed by atoms with Gasteiger partial charge in [0.05, 0.1) is 37.1 Å². The third-order valence-corrected chi connectivity index (χ3v) is 8.19. The fourth-order valence-corrected chi connectivity index (χ4v) is 5.96. The second-order valence-electron chi connectivity index (χ2n) is 10.0. The Balaban J connectivity index is 1.67. The van der Waals surface area contributed by atoms with Crippen molar-refractivity contribution in [1.29, 1.82) is 0 Å². The lowest BCUT2D eigenvalue weighted by atomic mass is 9.95. The predicted molar refractivity (Wildman–Crippen MR) is 163 cm³/mol. The molecule has 44 heavy (non-hydrogen) atoms. The first-order valence-corrected chi connectivity index (χ1v) is 15.4. The SMILES string of the molecule is CCCCOc1ccc([C@H]2C(=C(O)c3ccc4c(c3)OCCO4)C(=O)C(=O)N2c2nc(C)c(C(=O)OCC)s2)cc1OCC. The van der Waals surface area contributed by atoms with E-state index in [1.807, 2.05) is 6.92 Å². The standard InChI is InChI=1S/C32H34N2O9S/c1-5-8-13-41-21-11-9-19(16-23(21)39-6-2)26-25(27(35)20-10-12-22-24(17-20)43-15-14-42-22)28(36)30(37)34(26)32-33-18(4)29(44-32)31(38)40-7-3/h9-12,16-17,26,35H,5-8,13-15H2,1-4H3/t26-/m0/s1. The highest BCUT2D eigenvalue weighted by Crippen LogP contribution is 2.46. The third kappa shape index (κ3) is 5.94. The van der Waals surface area contributed by atoms with Crippen LogP contribution in [-0.2, 0) is 14.3 Å². The highest BCUT2D eigenvalue weighted by atomic mass is 32.1. The second-order valence-corrected chi connectivity index (χ2v) is 11.0. The number of nitrogens with zero attached hydrogens (tertiary/aromatic N) is 2. The van der Waals surface area contributed by atoms with Crippen LogP contribution in [0.5, 0.6) is 23.0 Å². The lowest BCUT2D eigenvalue weighted by Crippen LogP contribution is -2.29. The molecule has 3 aromatic rings. The minimum atomic E-state index is -1.10. The van der Waals surface area contributed by atoms with Crippen molar-refractivity contribution >= 4 is 39.9 Å². The number of unbranched alkanes of at least 4 members (excludes halogenated alkanes) is 1. The van der Waals surface area contributed by atoms with E-state index in [2.05, 4.69) is 11.9 Å². The number of anilines is 1. The van der Waals surface area contributed by atoms with Crippen molar-refractivity contribution in [2.24, 2.45) is 0 Å². The molecule has 0 radical (unpaired) electrons. The van der Waals surface area contributed by atoms with E-state index in [1.54, 1.807) is 50.2 Å². The van der Waals surface area contributed by atoms with Crippen molar-refractivity contribution in [3.63, 3.8) is 0 Å². The van der Waals surface area contributed by atoms with Crippen molar-refractivity contribution in [3.05, 3.63) is 63.7 Å². The molecule has 11 nitrogen and oxygen atoms in total. The first-order chi connectivity index (χ1) is 21.3. The minimum absolute atomic E-state index is 0.111. The Kier molecular flexibility index (Phi) is 9.38. The van der Waals surface area contributed by atoms with Crippen LogP contribution in [0.4, 0.5) is 5.13 Å². The van der Waals surface area contributed by atoms with Crippen LogP contribution in [0.15, 0.2) is 42.0 Å². The number of fused-ring (bicyclic) bond motifs is 1. The van der Waals surface area contributed by atoms with Gasteiger partial charge in [0.25, 0.3) is 5.78 Å². The smallest absolute Gasteiger partial charge is 0.350 e. The number of esters is 1. The average Bonchev–Trinajstić information content (AvgIpc) is 3.53. The molecule has 0 unspecified atom stereocenters. The van der Waals surface area contributed by atoms with E-state index in [1.165, 1.54) is 4.90 Å². The molecule has 5 rings (SSSR count). The summed E-state index contributed by atoms with van der Waals surface area (Å²) in [7, 11) is 0. The summed E-state index contributed by atoms with van der Waals surface area (Å²) < 4.78 is 28.3. The maximum absolute atomic E-state index is 13.7. The van der Waals surface area contributed by atoms with E-state index in [4.69, 9.17) is 23.7 Å². The number of aliphatic hydroxyl groups is 1. The molecule has 1 fully saturated rings. The average molecular weight is 623 g/mol. The van der Waals surface area contributed by atoms with Crippen LogP contribution in [0.25, 0.3) is 5.76 Å². The van der Waals surface area contributed by atoms with Crippen LogP contribution in [0.3, 0.4) is 0 Å². The molecule has 12 heteroatoms. The Morgan fingerprint density at radius 1 is 1.02 bits per heavy atom. The van der Waals surface area contributed by atoms with Gasteiger partial charge < -0.3 is 28.8 Å². The second kappa shape index (κ2) is 13.4. The van der Waals surface area contributed by atoms with Crippen LogP contribution in [0.2, 0.25) is 0 Å². The van der Waals surface area contributed by atoms with Crippen LogP contribution in [0, 0.1) is 6.92 Å². The highest BCUT2D eigenvalue weighted by molar-refractivity contribution is 7.17. The molecule has 0 saturated carbocycles. The molecule has 0 aliphatic carbocycles. The maximum atomic E-state index is 13.7. The summed E-state index contributed by atoms with van der Waals surface area (Å²) in [6, 6.07) is 8.83. The maximum Gasteiger partial charge on any atom is 0.350 e. The van der Waals surface area contributed by atoms with Crippen molar-refractivity contribution in [3.8, 4) is 23.0 Å². The first-order valence-electron chi connectivity index (χ1n) is 14.5. The number of aromatic nitrogens is 1. The van der Waals surface area contributed by atoms with E-state index in [-0.39, 0.29) is 27.8 Å². The van der Waals surface area contributed by atoms with Gasteiger partial charge in [-0.3, -0.25) is 14.5 Å². The molecule has 2 aliphatic heterocycles. The normalized spacial score (nSPS) is 17.1. The van der Waals surface area contributed by atoms with Gasteiger partial charge in [-0.2, -0.15) is 0 Å². The zero-order valence-corrected chi connectivity index (χ0v) is 25.8. The number of amides is 1. The van der Waals surface area contributed by atoms with Gasteiger partial charge in [-0.15, -0.1) is 0 Å². The Hall–Kier alpha value is -4.58. The van der Waals surface area contributed by atoms with E-state index in [0.29, 0.717) is 60.7 Å². The van der Waals surface area contributed by atoms with Crippen LogP contribution >= 0.6 is 11.3 Å². The molecule has 2 aromatic carbocycles. The molecule has 0 bridgehead atoms. The zero-order chi connectivity index (χ0) is 31.4. The number of ether oxygens (including phenoxy) is 5. The molecule has 1 N–H and O–H groups in total. The number of aryl methyl sites for hydroxylation is 1. The fraction of sp³-hybridized carbons (Fsp3) is 0.375. The summed E-state index contributed by atoms with van der Waals surface area (Å²) in [5, 5.41) is 11.7. The van der Waals surface area contributed by atoms with E-state index in [9.17, 15) is 19.5 Å². The Morgan fingerprint density at radius 3 is 2.52 bits per heavy atom. The van der Waals surface area contributed by atoms with Crippen LogP contribution < -0.4 is 23.8 Å². The Morgan fingerprint density at radius 2 is 1.80 bits per heavy atom. The zero-order valence-electron chi connectivity index (χ0n) is 25.0. The molecule has 1 aromatic heterocycles. The molecule has 2 aliphatic rings. The lowest BCUT2D eigenvalue weighted by Gasteiger charge is -2.24. The number of hydrogen-bond acceptors (Lipinski definition) is 11.